The monoisotopic (exact) mass is 240 g/mol. The first-order chi connectivity index (χ1) is 7.66. The molecule has 1 aliphatic heterocycles. The third-order valence-electron chi connectivity index (χ3n) is 2.31. The fourth-order valence-electron chi connectivity index (χ4n) is 1.49. The van der Waals surface area contributed by atoms with Crippen LogP contribution in [0, 0.1) is 5.82 Å². The molecule has 2 rings (SSSR count). The molecule has 0 unspecified atom stereocenters. The summed E-state index contributed by atoms with van der Waals surface area (Å²) in [7, 11) is 0. The van der Waals surface area contributed by atoms with Crippen LogP contribution in [0.3, 0.4) is 0 Å². The lowest BCUT2D eigenvalue weighted by molar-refractivity contribution is 0.1000. The molecule has 1 N–H and O–H groups in total. The summed E-state index contributed by atoms with van der Waals surface area (Å²) in [6, 6.07) is 3.97. The Hall–Kier alpha value is -1.42. The fraction of sp³-hybridized carbons (Fsp3) is 0.273. The van der Waals surface area contributed by atoms with Crippen molar-refractivity contribution in [2.24, 2.45) is 4.99 Å². The van der Waals surface area contributed by atoms with E-state index >= 15 is 0 Å². The zero-order chi connectivity index (χ0) is 11.5. The van der Waals surface area contributed by atoms with E-state index in [4.69, 9.17) is 11.6 Å². The van der Waals surface area contributed by atoms with E-state index in [9.17, 15) is 9.18 Å². The van der Waals surface area contributed by atoms with Gasteiger partial charge < -0.3 is 5.32 Å². The number of nitrogens with one attached hydrogen (secondary N) is 1. The largest absolute Gasteiger partial charge is 0.372 e. The SMILES string of the molecule is O=C(CC1=NCCN1)c1ccc(F)c(Cl)c1. The zero-order valence-electron chi connectivity index (χ0n) is 8.46. The maximum atomic E-state index is 12.9. The average molecular weight is 241 g/mol. The minimum Gasteiger partial charge on any atom is -0.372 e. The molecule has 5 heteroatoms. The molecule has 0 bridgehead atoms. The van der Waals surface area contributed by atoms with Gasteiger partial charge in [-0.15, -0.1) is 0 Å². The number of benzene rings is 1. The first kappa shape index (κ1) is 11.1. The quantitative estimate of drug-likeness (QED) is 0.822. The summed E-state index contributed by atoms with van der Waals surface area (Å²) in [6.07, 6.45) is 0.210. The van der Waals surface area contributed by atoms with Crippen molar-refractivity contribution in [3.05, 3.63) is 34.6 Å². The van der Waals surface area contributed by atoms with E-state index in [1.165, 1.54) is 18.2 Å². The summed E-state index contributed by atoms with van der Waals surface area (Å²) >= 11 is 5.60. The number of ketones is 1. The summed E-state index contributed by atoms with van der Waals surface area (Å²) < 4.78 is 12.9. The highest BCUT2D eigenvalue weighted by molar-refractivity contribution is 6.31. The summed E-state index contributed by atoms with van der Waals surface area (Å²) in [5, 5.41) is 2.97. The molecule has 1 aromatic rings. The molecule has 0 saturated heterocycles. The number of amidine groups is 1. The Labute approximate surface area is 97.3 Å². The van der Waals surface area contributed by atoms with Crippen LogP contribution in [0.15, 0.2) is 23.2 Å². The maximum absolute atomic E-state index is 12.9. The average Bonchev–Trinajstić information content (AvgIpc) is 2.74. The van der Waals surface area contributed by atoms with E-state index in [0.29, 0.717) is 17.9 Å². The maximum Gasteiger partial charge on any atom is 0.170 e. The second-order valence-corrected chi connectivity index (χ2v) is 3.89. The minimum atomic E-state index is -0.519. The number of hydrogen-bond acceptors (Lipinski definition) is 3. The van der Waals surface area contributed by atoms with Crippen molar-refractivity contribution in [2.45, 2.75) is 6.42 Å². The number of hydrogen-bond donors (Lipinski definition) is 1. The van der Waals surface area contributed by atoms with Crippen LogP contribution in [0.5, 0.6) is 0 Å². The lowest BCUT2D eigenvalue weighted by Crippen LogP contribution is -2.21. The Morgan fingerprint density at radius 1 is 1.56 bits per heavy atom. The number of aliphatic imine (C=N–C) groups is 1. The molecule has 0 aromatic heterocycles. The Bertz CT molecular complexity index is 459. The predicted octanol–water partition coefficient (Wildman–Crippen LogP) is 2.05. The first-order valence-electron chi connectivity index (χ1n) is 4.92. The van der Waals surface area contributed by atoms with E-state index in [-0.39, 0.29) is 17.2 Å². The molecule has 0 fully saturated rings. The van der Waals surface area contributed by atoms with Gasteiger partial charge in [-0.1, -0.05) is 11.6 Å². The molecular formula is C11H10ClFN2O. The number of nitrogens with zero attached hydrogens (tertiary/aromatic N) is 1. The van der Waals surface area contributed by atoms with Crippen LogP contribution < -0.4 is 5.32 Å². The van der Waals surface area contributed by atoms with E-state index in [2.05, 4.69) is 10.3 Å². The van der Waals surface area contributed by atoms with Gasteiger partial charge >= 0.3 is 0 Å². The summed E-state index contributed by atoms with van der Waals surface area (Å²) in [5.74, 6) is 0.0510. The molecule has 0 spiro atoms. The number of rotatable bonds is 3. The van der Waals surface area contributed by atoms with Crippen LogP contribution in [0.1, 0.15) is 16.8 Å². The molecular weight excluding hydrogens is 231 g/mol. The molecule has 0 saturated carbocycles. The highest BCUT2D eigenvalue weighted by atomic mass is 35.5. The van der Waals surface area contributed by atoms with E-state index < -0.39 is 5.82 Å². The summed E-state index contributed by atoms with van der Waals surface area (Å²) in [5.41, 5.74) is 0.405. The van der Waals surface area contributed by atoms with Crippen LogP contribution in [0.2, 0.25) is 5.02 Å². The van der Waals surface area contributed by atoms with Gasteiger partial charge in [0.15, 0.2) is 5.78 Å². The normalized spacial score (nSPS) is 14.5. The third-order valence-corrected chi connectivity index (χ3v) is 2.60. The van der Waals surface area contributed by atoms with Gasteiger partial charge in [0.1, 0.15) is 11.7 Å². The van der Waals surface area contributed by atoms with Gasteiger partial charge in [0.2, 0.25) is 0 Å². The van der Waals surface area contributed by atoms with Crippen molar-refractivity contribution in [1.82, 2.24) is 5.32 Å². The van der Waals surface area contributed by atoms with Crippen LogP contribution in [-0.4, -0.2) is 24.7 Å². The molecule has 1 aliphatic rings. The Morgan fingerprint density at radius 3 is 3.00 bits per heavy atom. The van der Waals surface area contributed by atoms with Crippen molar-refractivity contribution in [2.75, 3.05) is 13.1 Å². The molecule has 0 aliphatic carbocycles. The zero-order valence-corrected chi connectivity index (χ0v) is 9.22. The van der Waals surface area contributed by atoms with Gasteiger partial charge in [-0.05, 0) is 18.2 Å². The van der Waals surface area contributed by atoms with Gasteiger partial charge in [0.05, 0.1) is 18.0 Å². The molecule has 1 aromatic carbocycles. The highest BCUT2D eigenvalue weighted by Gasteiger charge is 2.13. The number of Topliss-reactive ketones (excluding diaryl/α,β-unsaturated/α-hetero) is 1. The number of carbonyl (C=O) groups is 1. The smallest absolute Gasteiger partial charge is 0.170 e. The van der Waals surface area contributed by atoms with E-state index in [1.807, 2.05) is 0 Å². The molecule has 0 atom stereocenters. The molecule has 1 heterocycles. The van der Waals surface area contributed by atoms with Crippen molar-refractivity contribution < 1.29 is 9.18 Å². The highest BCUT2D eigenvalue weighted by Crippen LogP contribution is 2.17. The fourth-order valence-corrected chi connectivity index (χ4v) is 1.67. The minimum absolute atomic E-state index is 0.0350. The van der Waals surface area contributed by atoms with Gasteiger partial charge in [0.25, 0.3) is 0 Å². The van der Waals surface area contributed by atoms with Crippen LogP contribution >= 0.6 is 11.6 Å². The second-order valence-electron chi connectivity index (χ2n) is 3.48. The Balaban J connectivity index is 2.11. The number of halogens is 2. The van der Waals surface area contributed by atoms with E-state index in [1.54, 1.807) is 0 Å². The molecule has 16 heavy (non-hydrogen) atoms. The lowest BCUT2D eigenvalue weighted by atomic mass is 10.1. The molecule has 84 valence electrons. The Kier molecular flexibility index (Phi) is 3.19. The van der Waals surface area contributed by atoms with Gasteiger partial charge in [-0.3, -0.25) is 9.79 Å². The Morgan fingerprint density at radius 2 is 2.38 bits per heavy atom. The van der Waals surface area contributed by atoms with Gasteiger partial charge in [-0.2, -0.15) is 0 Å². The van der Waals surface area contributed by atoms with Crippen molar-refractivity contribution >= 4 is 23.2 Å². The lowest BCUT2D eigenvalue weighted by Gasteiger charge is -2.03. The summed E-state index contributed by atoms with van der Waals surface area (Å²) in [6.45, 7) is 1.47. The van der Waals surface area contributed by atoms with Crippen LogP contribution in [-0.2, 0) is 0 Å². The van der Waals surface area contributed by atoms with Crippen LogP contribution in [0.25, 0.3) is 0 Å². The van der Waals surface area contributed by atoms with Crippen molar-refractivity contribution in [1.29, 1.82) is 0 Å². The molecule has 0 radical (unpaired) electrons. The molecule has 0 amide bonds. The van der Waals surface area contributed by atoms with Crippen molar-refractivity contribution in [3.63, 3.8) is 0 Å². The van der Waals surface area contributed by atoms with Crippen molar-refractivity contribution in [3.8, 4) is 0 Å². The first-order valence-corrected chi connectivity index (χ1v) is 5.30. The van der Waals surface area contributed by atoms with Gasteiger partial charge in [0, 0.05) is 12.1 Å². The number of carbonyl (C=O) groups excluding carboxylic acids is 1. The topological polar surface area (TPSA) is 41.5 Å². The van der Waals surface area contributed by atoms with Gasteiger partial charge in [-0.25, -0.2) is 4.39 Å². The standard InChI is InChI=1S/C11H10ClFN2O/c12-8-5-7(1-2-9(8)13)10(16)6-11-14-3-4-15-11/h1-2,5H,3-4,6H2,(H,14,15). The molecule has 3 nitrogen and oxygen atoms in total. The van der Waals surface area contributed by atoms with Crippen LogP contribution in [0.4, 0.5) is 4.39 Å². The summed E-state index contributed by atoms with van der Waals surface area (Å²) in [4.78, 5) is 15.9. The predicted molar refractivity (Wildman–Crippen MR) is 60.7 cm³/mol. The second kappa shape index (κ2) is 4.61. The van der Waals surface area contributed by atoms with E-state index in [0.717, 1.165) is 6.54 Å². The third kappa shape index (κ3) is 2.39.